The molecule has 0 saturated carbocycles. The van der Waals surface area contributed by atoms with Crippen molar-refractivity contribution in [1.82, 2.24) is 5.32 Å². The number of nitrogens with one attached hydrogen (secondary N) is 1. The Hall–Kier alpha value is -0.570. The van der Waals surface area contributed by atoms with Gasteiger partial charge in [0.15, 0.2) is 0 Å². The normalized spacial score (nSPS) is 13.9. The van der Waals surface area contributed by atoms with E-state index in [9.17, 15) is 4.79 Å². The van der Waals surface area contributed by atoms with Gasteiger partial charge in [0.1, 0.15) is 0 Å². The monoisotopic (exact) mass is 186 g/mol. The summed E-state index contributed by atoms with van der Waals surface area (Å²) in [5, 5.41) is 2.98. The summed E-state index contributed by atoms with van der Waals surface area (Å²) < 4.78 is 0. The van der Waals surface area contributed by atoms with E-state index >= 15 is 0 Å². The SMILES string of the molecule is CCC(C)(C)NC(=O)CC(C)CN. The molecule has 0 heterocycles. The molecule has 0 saturated heterocycles. The molecule has 0 bridgehead atoms. The zero-order valence-corrected chi connectivity index (χ0v) is 9.18. The first kappa shape index (κ1) is 12.4. The summed E-state index contributed by atoms with van der Waals surface area (Å²) in [5.41, 5.74) is 5.34. The van der Waals surface area contributed by atoms with E-state index < -0.39 is 0 Å². The maximum atomic E-state index is 11.4. The van der Waals surface area contributed by atoms with Gasteiger partial charge in [0.05, 0.1) is 0 Å². The molecule has 3 N–H and O–H groups in total. The summed E-state index contributed by atoms with van der Waals surface area (Å²) in [6.07, 6.45) is 1.47. The molecule has 0 rings (SSSR count). The Morgan fingerprint density at radius 1 is 1.54 bits per heavy atom. The largest absolute Gasteiger partial charge is 0.351 e. The van der Waals surface area contributed by atoms with Crippen molar-refractivity contribution in [3.63, 3.8) is 0 Å². The molecule has 0 aromatic heterocycles. The highest BCUT2D eigenvalue weighted by atomic mass is 16.1. The number of carbonyl (C=O) groups excluding carboxylic acids is 1. The first-order valence-corrected chi connectivity index (χ1v) is 4.92. The third-order valence-corrected chi connectivity index (χ3v) is 2.30. The van der Waals surface area contributed by atoms with Crippen LogP contribution in [0.1, 0.15) is 40.5 Å². The average molecular weight is 186 g/mol. The van der Waals surface area contributed by atoms with Crippen molar-refractivity contribution >= 4 is 5.91 Å². The van der Waals surface area contributed by atoms with Crippen LogP contribution >= 0.6 is 0 Å². The lowest BCUT2D eigenvalue weighted by molar-refractivity contribution is -0.123. The lowest BCUT2D eigenvalue weighted by Crippen LogP contribution is -2.43. The molecule has 3 nitrogen and oxygen atoms in total. The van der Waals surface area contributed by atoms with E-state index in [0.29, 0.717) is 13.0 Å². The molecule has 0 radical (unpaired) electrons. The fraction of sp³-hybridized carbons (Fsp3) is 0.900. The van der Waals surface area contributed by atoms with Crippen LogP contribution in [-0.2, 0) is 4.79 Å². The van der Waals surface area contributed by atoms with E-state index in [2.05, 4.69) is 12.2 Å². The third kappa shape index (κ3) is 5.64. The second kappa shape index (κ2) is 5.22. The predicted molar refractivity (Wildman–Crippen MR) is 55.3 cm³/mol. The number of hydrogen-bond acceptors (Lipinski definition) is 2. The topological polar surface area (TPSA) is 55.1 Å². The van der Waals surface area contributed by atoms with Gasteiger partial charge in [-0.1, -0.05) is 13.8 Å². The Balaban J connectivity index is 3.87. The summed E-state index contributed by atoms with van der Waals surface area (Å²) in [7, 11) is 0. The molecule has 0 aromatic rings. The lowest BCUT2D eigenvalue weighted by atomic mass is 10.0. The fourth-order valence-electron chi connectivity index (χ4n) is 0.917. The molecule has 13 heavy (non-hydrogen) atoms. The summed E-state index contributed by atoms with van der Waals surface area (Å²) in [6.45, 7) is 8.67. The number of carbonyl (C=O) groups is 1. The van der Waals surface area contributed by atoms with Crippen LogP contribution in [0, 0.1) is 5.92 Å². The fourth-order valence-corrected chi connectivity index (χ4v) is 0.917. The molecule has 1 amide bonds. The number of amides is 1. The molecule has 0 aliphatic carbocycles. The van der Waals surface area contributed by atoms with Crippen molar-refractivity contribution in [2.24, 2.45) is 11.7 Å². The van der Waals surface area contributed by atoms with Gasteiger partial charge in [0.2, 0.25) is 5.91 Å². The second-order valence-corrected chi connectivity index (χ2v) is 4.33. The highest BCUT2D eigenvalue weighted by Gasteiger charge is 2.18. The maximum absolute atomic E-state index is 11.4. The molecule has 1 unspecified atom stereocenters. The van der Waals surface area contributed by atoms with Gasteiger partial charge in [0.25, 0.3) is 0 Å². The Morgan fingerprint density at radius 2 is 2.08 bits per heavy atom. The van der Waals surface area contributed by atoms with Crippen LogP contribution in [0.2, 0.25) is 0 Å². The van der Waals surface area contributed by atoms with Gasteiger partial charge in [-0.05, 0) is 32.7 Å². The minimum atomic E-state index is -0.0919. The van der Waals surface area contributed by atoms with Crippen LogP contribution in [0.3, 0.4) is 0 Å². The molecule has 78 valence electrons. The van der Waals surface area contributed by atoms with E-state index in [1.807, 2.05) is 20.8 Å². The molecular weight excluding hydrogens is 164 g/mol. The Bertz CT molecular complexity index is 166. The average Bonchev–Trinajstić information content (AvgIpc) is 2.03. The summed E-state index contributed by atoms with van der Waals surface area (Å²) >= 11 is 0. The molecule has 3 heteroatoms. The standard InChI is InChI=1S/C10H22N2O/c1-5-10(3,4)12-9(13)6-8(2)7-11/h8H,5-7,11H2,1-4H3,(H,12,13). The van der Waals surface area contributed by atoms with Crippen LogP contribution in [-0.4, -0.2) is 18.0 Å². The van der Waals surface area contributed by atoms with Crippen LogP contribution in [0.5, 0.6) is 0 Å². The van der Waals surface area contributed by atoms with Gasteiger partial charge < -0.3 is 11.1 Å². The summed E-state index contributed by atoms with van der Waals surface area (Å²) in [5.74, 6) is 0.373. The number of nitrogens with two attached hydrogens (primary N) is 1. The Labute approximate surface area is 81.1 Å². The minimum absolute atomic E-state index is 0.0919. The van der Waals surface area contributed by atoms with Gasteiger partial charge in [-0.15, -0.1) is 0 Å². The highest BCUT2D eigenvalue weighted by Crippen LogP contribution is 2.08. The zero-order valence-electron chi connectivity index (χ0n) is 9.18. The Morgan fingerprint density at radius 3 is 2.46 bits per heavy atom. The molecule has 0 fully saturated rings. The van der Waals surface area contributed by atoms with Crippen molar-refractivity contribution in [2.75, 3.05) is 6.54 Å². The van der Waals surface area contributed by atoms with E-state index in [1.165, 1.54) is 0 Å². The lowest BCUT2D eigenvalue weighted by Gasteiger charge is -2.25. The van der Waals surface area contributed by atoms with Crippen molar-refractivity contribution in [3.05, 3.63) is 0 Å². The van der Waals surface area contributed by atoms with Gasteiger partial charge in [-0.25, -0.2) is 0 Å². The van der Waals surface area contributed by atoms with Crippen LogP contribution in [0.4, 0.5) is 0 Å². The van der Waals surface area contributed by atoms with Gasteiger partial charge >= 0.3 is 0 Å². The molecule has 0 spiro atoms. The third-order valence-electron chi connectivity index (χ3n) is 2.30. The molecule has 1 atom stereocenters. The van der Waals surface area contributed by atoms with Crippen LogP contribution in [0.25, 0.3) is 0 Å². The van der Waals surface area contributed by atoms with E-state index in [4.69, 9.17) is 5.73 Å². The summed E-state index contributed by atoms with van der Waals surface area (Å²) in [6, 6.07) is 0. The van der Waals surface area contributed by atoms with Crippen molar-refractivity contribution in [2.45, 2.75) is 46.1 Å². The van der Waals surface area contributed by atoms with E-state index in [0.717, 1.165) is 6.42 Å². The van der Waals surface area contributed by atoms with Gasteiger partial charge in [-0.2, -0.15) is 0 Å². The second-order valence-electron chi connectivity index (χ2n) is 4.33. The predicted octanol–water partition coefficient (Wildman–Crippen LogP) is 1.28. The Kier molecular flexibility index (Phi) is 4.99. The van der Waals surface area contributed by atoms with Crippen molar-refractivity contribution in [3.8, 4) is 0 Å². The first-order chi connectivity index (χ1) is 5.91. The highest BCUT2D eigenvalue weighted by molar-refractivity contribution is 5.76. The first-order valence-electron chi connectivity index (χ1n) is 4.92. The van der Waals surface area contributed by atoms with E-state index in [1.54, 1.807) is 0 Å². The molecule has 0 aliphatic rings. The van der Waals surface area contributed by atoms with E-state index in [-0.39, 0.29) is 17.4 Å². The quantitative estimate of drug-likeness (QED) is 0.679. The van der Waals surface area contributed by atoms with Gasteiger partial charge in [0, 0.05) is 12.0 Å². The van der Waals surface area contributed by atoms with Gasteiger partial charge in [-0.3, -0.25) is 4.79 Å². The number of rotatable bonds is 5. The molecule has 0 aliphatic heterocycles. The van der Waals surface area contributed by atoms with Crippen molar-refractivity contribution < 1.29 is 4.79 Å². The minimum Gasteiger partial charge on any atom is -0.351 e. The molecule has 0 aromatic carbocycles. The zero-order chi connectivity index (χ0) is 10.5. The maximum Gasteiger partial charge on any atom is 0.220 e. The summed E-state index contributed by atoms with van der Waals surface area (Å²) in [4.78, 5) is 11.4. The number of hydrogen-bond donors (Lipinski definition) is 2. The van der Waals surface area contributed by atoms with Crippen LogP contribution < -0.4 is 11.1 Å². The smallest absolute Gasteiger partial charge is 0.220 e. The van der Waals surface area contributed by atoms with Crippen LogP contribution in [0.15, 0.2) is 0 Å². The molecular formula is C10H22N2O. The van der Waals surface area contributed by atoms with Crippen molar-refractivity contribution in [1.29, 1.82) is 0 Å².